The summed E-state index contributed by atoms with van der Waals surface area (Å²) in [6.07, 6.45) is 5.69. The van der Waals surface area contributed by atoms with Crippen LogP contribution in [0, 0.1) is 11.3 Å². The highest BCUT2D eigenvalue weighted by atomic mass is 35.5. The largest absolute Gasteiger partial charge is 0.492 e. The van der Waals surface area contributed by atoms with E-state index in [2.05, 4.69) is 26.4 Å². The Morgan fingerprint density at radius 3 is 2.76 bits per heavy atom. The molecular formula is C20H23ClN6O2. The summed E-state index contributed by atoms with van der Waals surface area (Å²) in [4.78, 5) is 6.90. The molecule has 0 amide bonds. The maximum atomic E-state index is 9.46. The summed E-state index contributed by atoms with van der Waals surface area (Å²) in [5.41, 5.74) is 2.97. The molecule has 8 nitrogen and oxygen atoms in total. The van der Waals surface area contributed by atoms with Gasteiger partial charge < -0.3 is 20.1 Å². The molecule has 0 atom stereocenters. The van der Waals surface area contributed by atoms with Gasteiger partial charge in [0.25, 0.3) is 0 Å². The topological polar surface area (TPSA) is 98.7 Å². The van der Waals surface area contributed by atoms with Crippen molar-refractivity contribution < 1.29 is 9.84 Å². The third-order valence-electron chi connectivity index (χ3n) is 4.78. The monoisotopic (exact) mass is 414 g/mol. The number of nitriles is 1. The van der Waals surface area contributed by atoms with Crippen LogP contribution in [0.4, 0.5) is 5.82 Å². The third kappa shape index (κ3) is 4.43. The van der Waals surface area contributed by atoms with Gasteiger partial charge in [-0.05, 0) is 18.2 Å². The Labute approximate surface area is 175 Å². The first kappa shape index (κ1) is 20.9. The highest BCUT2D eigenvalue weighted by Gasteiger charge is 2.15. The molecule has 0 aliphatic carbocycles. The van der Waals surface area contributed by atoms with E-state index in [9.17, 15) is 5.26 Å². The summed E-state index contributed by atoms with van der Waals surface area (Å²) >= 11 is 0. The lowest BCUT2D eigenvalue weighted by atomic mass is 10.1. The van der Waals surface area contributed by atoms with Gasteiger partial charge in [-0.2, -0.15) is 10.4 Å². The van der Waals surface area contributed by atoms with Gasteiger partial charge in [-0.25, -0.2) is 9.50 Å². The number of halogens is 1. The molecule has 0 unspecified atom stereocenters. The van der Waals surface area contributed by atoms with Crippen LogP contribution in [0.15, 0.2) is 36.8 Å². The minimum atomic E-state index is 0. The molecule has 4 rings (SSSR count). The zero-order chi connectivity index (χ0) is 19.3. The first-order valence-corrected chi connectivity index (χ1v) is 9.37. The summed E-state index contributed by atoms with van der Waals surface area (Å²) < 4.78 is 7.40. The van der Waals surface area contributed by atoms with Gasteiger partial charge in [0, 0.05) is 56.5 Å². The van der Waals surface area contributed by atoms with E-state index in [1.165, 1.54) is 0 Å². The first-order valence-electron chi connectivity index (χ1n) is 9.37. The van der Waals surface area contributed by atoms with Crippen LogP contribution in [-0.4, -0.2) is 59.1 Å². The van der Waals surface area contributed by atoms with Gasteiger partial charge in [0.2, 0.25) is 0 Å². The number of hydrogen-bond acceptors (Lipinski definition) is 7. The Kier molecular flexibility index (Phi) is 6.88. The molecular weight excluding hydrogens is 392 g/mol. The molecule has 3 aromatic heterocycles. The van der Waals surface area contributed by atoms with Crippen LogP contribution in [-0.2, 0) is 0 Å². The number of rotatable bonds is 6. The molecule has 0 spiro atoms. The number of aliphatic hydroxyl groups is 1. The fourth-order valence-electron chi connectivity index (χ4n) is 3.36. The van der Waals surface area contributed by atoms with Crippen LogP contribution < -0.4 is 15.0 Å². The second-order valence-corrected chi connectivity index (χ2v) is 6.62. The highest BCUT2D eigenvalue weighted by molar-refractivity contribution is 5.85. The van der Waals surface area contributed by atoms with Crippen molar-refractivity contribution in [2.75, 3.05) is 44.3 Å². The molecule has 1 aliphatic heterocycles. The van der Waals surface area contributed by atoms with Crippen LogP contribution in [0.3, 0.4) is 0 Å². The normalized spacial score (nSPS) is 13.7. The van der Waals surface area contributed by atoms with Gasteiger partial charge in [-0.3, -0.25) is 0 Å². The smallest absolute Gasteiger partial charge is 0.138 e. The van der Waals surface area contributed by atoms with E-state index in [0.29, 0.717) is 24.3 Å². The SMILES string of the molecule is Cl.N#Cc1cnn2cc(OCCCO)cc(-c3ccc(N4CCNCC4)nc3)c12. The maximum Gasteiger partial charge on any atom is 0.138 e. The fourth-order valence-corrected chi connectivity index (χ4v) is 3.36. The van der Waals surface area contributed by atoms with Crippen molar-refractivity contribution in [3.8, 4) is 22.9 Å². The molecule has 2 N–H and O–H groups in total. The van der Waals surface area contributed by atoms with Gasteiger partial charge in [-0.1, -0.05) is 0 Å². The molecule has 0 saturated carbocycles. The lowest BCUT2D eigenvalue weighted by molar-refractivity contribution is 0.233. The molecule has 1 aliphatic rings. The van der Waals surface area contributed by atoms with Crippen molar-refractivity contribution in [2.24, 2.45) is 0 Å². The Hall–Kier alpha value is -2.86. The van der Waals surface area contributed by atoms with Gasteiger partial charge in [-0.15, -0.1) is 12.4 Å². The fraction of sp³-hybridized carbons (Fsp3) is 0.350. The van der Waals surface area contributed by atoms with E-state index in [-0.39, 0.29) is 19.0 Å². The van der Waals surface area contributed by atoms with Crippen LogP contribution in [0.1, 0.15) is 12.0 Å². The van der Waals surface area contributed by atoms with Crippen LogP contribution in [0.2, 0.25) is 0 Å². The van der Waals surface area contributed by atoms with Crippen molar-refractivity contribution >= 4 is 23.7 Å². The third-order valence-corrected chi connectivity index (χ3v) is 4.78. The zero-order valence-electron chi connectivity index (χ0n) is 15.9. The minimum Gasteiger partial charge on any atom is -0.492 e. The van der Waals surface area contributed by atoms with Crippen molar-refractivity contribution in [3.63, 3.8) is 0 Å². The van der Waals surface area contributed by atoms with Crippen LogP contribution in [0.25, 0.3) is 16.6 Å². The van der Waals surface area contributed by atoms with E-state index in [1.54, 1.807) is 16.9 Å². The molecule has 9 heteroatoms. The van der Waals surface area contributed by atoms with Crippen molar-refractivity contribution in [1.82, 2.24) is 19.9 Å². The number of anilines is 1. The number of hydrogen-bond donors (Lipinski definition) is 2. The average molecular weight is 415 g/mol. The number of aliphatic hydroxyl groups excluding tert-OH is 1. The predicted octanol–water partition coefficient (Wildman–Crippen LogP) is 1.86. The van der Waals surface area contributed by atoms with Crippen LogP contribution >= 0.6 is 12.4 Å². The number of ether oxygens (including phenoxy) is 1. The summed E-state index contributed by atoms with van der Waals surface area (Å²) in [5, 5.41) is 26.1. The lowest BCUT2D eigenvalue weighted by Gasteiger charge is -2.28. The van der Waals surface area contributed by atoms with Gasteiger partial charge in [0.05, 0.1) is 30.1 Å². The zero-order valence-corrected chi connectivity index (χ0v) is 16.7. The van der Waals surface area contributed by atoms with E-state index >= 15 is 0 Å². The number of aromatic nitrogens is 3. The number of nitrogens with zero attached hydrogens (tertiary/aromatic N) is 5. The highest BCUT2D eigenvalue weighted by Crippen LogP contribution is 2.31. The number of piperazine rings is 1. The maximum absolute atomic E-state index is 9.46. The standard InChI is InChI=1S/C20H22N6O2.ClH/c21-11-16-13-24-26-14-17(28-9-1-8-27)10-18(20(16)26)15-2-3-19(23-12-15)25-6-4-22-5-7-25;/h2-3,10,12-14,22,27H,1,4-9H2;1H. The summed E-state index contributed by atoms with van der Waals surface area (Å²) in [5.74, 6) is 1.58. The molecule has 152 valence electrons. The molecule has 29 heavy (non-hydrogen) atoms. The second kappa shape index (κ2) is 9.56. The molecule has 1 saturated heterocycles. The average Bonchev–Trinajstić information content (AvgIpc) is 3.17. The number of pyridine rings is 2. The van der Waals surface area contributed by atoms with E-state index < -0.39 is 0 Å². The summed E-state index contributed by atoms with van der Waals surface area (Å²) in [6.45, 7) is 4.27. The number of nitrogens with one attached hydrogen (secondary N) is 1. The van der Waals surface area contributed by atoms with E-state index in [4.69, 9.17) is 9.84 Å². The van der Waals surface area contributed by atoms with Crippen LogP contribution in [0.5, 0.6) is 5.75 Å². The van der Waals surface area contributed by atoms with Gasteiger partial charge in [0.1, 0.15) is 17.6 Å². The van der Waals surface area contributed by atoms with Gasteiger partial charge >= 0.3 is 0 Å². The quantitative estimate of drug-likeness (QED) is 0.594. The summed E-state index contributed by atoms with van der Waals surface area (Å²) in [6, 6.07) is 8.13. The molecule has 3 aromatic rings. The van der Waals surface area contributed by atoms with E-state index in [0.717, 1.165) is 48.6 Å². The lowest BCUT2D eigenvalue weighted by Crippen LogP contribution is -2.43. The van der Waals surface area contributed by atoms with Crippen molar-refractivity contribution in [3.05, 3.63) is 42.4 Å². The molecule has 4 heterocycles. The Morgan fingerprint density at radius 1 is 1.24 bits per heavy atom. The predicted molar refractivity (Wildman–Crippen MR) is 113 cm³/mol. The van der Waals surface area contributed by atoms with E-state index in [1.807, 2.05) is 24.4 Å². The molecule has 0 bridgehead atoms. The summed E-state index contributed by atoms with van der Waals surface area (Å²) in [7, 11) is 0. The molecule has 0 aromatic carbocycles. The first-order chi connectivity index (χ1) is 13.8. The Balaban J connectivity index is 0.00000240. The van der Waals surface area contributed by atoms with Crippen molar-refractivity contribution in [2.45, 2.75) is 6.42 Å². The molecule has 1 fully saturated rings. The Morgan fingerprint density at radius 2 is 2.07 bits per heavy atom. The van der Waals surface area contributed by atoms with Gasteiger partial charge in [0.15, 0.2) is 0 Å². The molecule has 0 radical (unpaired) electrons. The Bertz CT molecular complexity index is 993. The second-order valence-electron chi connectivity index (χ2n) is 6.62. The minimum absolute atomic E-state index is 0. The number of fused-ring (bicyclic) bond motifs is 1. The van der Waals surface area contributed by atoms with Crippen molar-refractivity contribution in [1.29, 1.82) is 5.26 Å².